The number of likely N-dealkylation sites (N-methyl/N-ethyl adjacent to an activating group) is 1. The fourth-order valence-electron chi connectivity index (χ4n) is 4.65. The van der Waals surface area contributed by atoms with Crippen LogP contribution < -0.4 is 5.32 Å². The number of Topliss-reactive ketones (excluding diaryl/α,β-unsaturated/α-hetero) is 2. The Balaban J connectivity index is 1.95. The normalized spacial score (nSPS) is 24.0. The number of carbonyl (C=O) groups excluding carboxylic acids is 3. The summed E-state index contributed by atoms with van der Waals surface area (Å²) in [6, 6.07) is 6.89. The number of nitrogens with zero attached hydrogens (tertiary/aromatic N) is 1. The summed E-state index contributed by atoms with van der Waals surface area (Å²) in [5.74, 6) is -0.661. The van der Waals surface area contributed by atoms with E-state index >= 15 is 0 Å². The lowest BCUT2D eigenvalue weighted by molar-refractivity contribution is -0.134. The van der Waals surface area contributed by atoms with Gasteiger partial charge in [-0.25, -0.2) is 0 Å². The monoisotopic (exact) mass is 394 g/mol. The number of ether oxygens (including phenoxy) is 1. The van der Waals surface area contributed by atoms with Gasteiger partial charge in [0.1, 0.15) is 0 Å². The van der Waals surface area contributed by atoms with Crippen LogP contribution in [0.25, 0.3) is 0 Å². The minimum atomic E-state index is -1.09. The minimum absolute atomic E-state index is 0.103. The maximum Gasteiger partial charge on any atom is 0.286 e. The van der Waals surface area contributed by atoms with Crippen LogP contribution in [0.15, 0.2) is 47.2 Å². The largest absolute Gasteiger partial charge is 0.462 e. The van der Waals surface area contributed by atoms with Crippen LogP contribution in [0.4, 0.5) is 0 Å². The average Bonchev–Trinajstić information content (AvgIpc) is 3.27. The molecule has 2 heterocycles. The van der Waals surface area contributed by atoms with Crippen LogP contribution in [0.1, 0.15) is 60.2 Å². The zero-order chi connectivity index (χ0) is 20.6. The predicted octanol–water partition coefficient (Wildman–Crippen LogP) is 3.00. The quantitative estimate of drug-likeness (QED) is 0.831. The van der Waals surface area contributed by atoms with Crippen molar-refractivity contribution in [1.82, 2.24) is 10.2 Å². The smallest absolute Gasteiger partial charge is 0.286 e. The van der Waals surface area contributed by atoms with E-state index in [1.807, 2.05) is 13.8 Å². The molecule has 0 radical (unpaired) electrons. The lowest BCUT2D eigenvalue weighted by Gasteiger charge is -2.46. The highest BCUT2D eigenvalue weighted by atomic mass is 16.5. The number of allylic oxidation sites excluding steroid dienone is 2. The number of hydrogen-bond donors (Lipinski definition) is 1. The average molecular weight is 394 g/mol. The van der Waals surface area contributed by atoms with Gasteiger partial charge in [-0.1, -0.05) is 37.6 Å². The predicted molar refractivity (Wildman–Crippen MR) is 108 cm³/mol. The molecule has 6 heteroatoms. The summed E-state index contributed by atoms with van der Waals surface area (Å²) in [5, 5.41) is 2.76. The third-order valence-corrected chi connectivity index (χ3v) is 5.87. The molecule has 1 aliphatic carbocycles. The Kier molecular flexibility index (Phi) is 5.13. The zero-order valence-electron chi connectivity index (χ0n) is 16.9. The SMILES string of the molecule is CCCC1(N2CCCC2)OC(C(=O)NCC)=CC2=C1C(=O)c1ccccc1C2=O. The van der Waals surface area contributed by atoms with Crippen molar-refractivity contribution in [1.29, 1.82) is 0 Å². The lowest BCUT2D eigenvalue weighted by atomic mass is 9.76. The Labute approximate surface area is 170 Å². The van der Waals surface area contributed by atoms with Gasteiger partial charge < -0.3 is 10.1 Å². The third-order valence-electron chi connectivity index (χ3n) is 5.87. The molecule has 2 aliphatic heterocycles. The van der Waals surface area contributed by atoms with Gasteiger partial charge >= 0.3 is 0 Å². The van der Waals surface area contributed by atoms with Crippen molar-refractivity contribution >= 4 is 17.5 Å². The molecule has 1 amide bonds. The van der Waals surface area contributed by atoms with Crippen LogP contribution in [0.2, 0.25) is 0 Å². The van der Waals surface area contributed by atoms with Crippen LogP contribution in [0.3, 0.4) is 0 Å². The summed E-state index contributed by atoms with van der Waals surface area (Å²) in [6.07, 6.45) is 4.73. The molecule has 29 heavy (non-hydrogen) atoms. The molecule has 0 spiro atoms. The minimum Gasteiger partial charge on any atom is -0.462 e. The molecule has 3 aliphatic rings. The van der Waals surface area contributed by atoms with Crippen molar-refractivity contribution in [3.05, 3.63) is 58.4 Å². The van der Waals surface area contributed by atoms with Gasteiger partial charge in [-0.15, -0.1) is 0 Å². The van der Waals surface area contributed by atoms with Crippen molar-refractivity contribution in [2.24, 2.45) is 0 Å². The topological polar surface area (TPSA) is 75.7 Å². The van der Waals surface area contributed by atoms with E-state index in [2.05, 4.69) is 10.2 Å². The molecule has 6 nitrogen and oxygen atoms in total. The second-order valence-corrected chi connectivity index (χ2v) is 7.69. The van der Waals surface area contributed by atoms with Gasteiger partial charge in [0.15, 0.2) is 23.1 Å². The van der Waals surface area contributed by atoms with Crippen molar-refractivity contribution in [2.75, 3.05) is 19.6 Å². The molecule has 4 rings (SSSR count). The summed E-state index contributed by atoms with van der Waals surface area (Å²) in [5.41, 5.74) is 0.390. The summed E-state index contributed by atoms with van der Waals surface area (Å²) < 4.78 is 6.36. The Bertz CT molecular complexity index is 940. The summed E-state index contributed by atoms with van der Waals surface area (Å²) in [6.45, 7) is 5.84. The van der Waals surface area contributed by atoms with E-state index in [9.17, 15) is 14.4 Å². The number of benzene rings is 1. The highest BCUT2D eigenvalue weighted by molar-refractivity contribution is 6.29. The van der Waals surface area contributed by atoms with Gasteiger partial charge in [-0.05, 0) is 25.8 Å². The van der Waals surface area contributed by atoms with Gasteiger partial charge in [-0.2, -0.15) is 0 Å². The number of carbonyl (C=O) groups is 3. The first kappa shape index (κ1) is 19.6. The second kappa shape index (κ2) is 7.59. The number of nitrogens with one attached hydrogen (secondary N) is 1. The molecule has 0 bridgehead atoms. The Morgan fingerprint density at radius 2 is 1.76 bits per heavy atom. The Morgan fingerprint density at radius 1 is 1.10 bits per heavy atom. The molecule has 152 valence electrons. The lowest BCUT2D eigenvalue weighted by Crippen LogP contribution is -2.56. The van der Waals surface area contributed by atoms with E-state index in [1.54, 1.807) is 24.3 Å². The van der Waals surface area contributed by atoms with Crippen LogP contribution in [0, 0.1) is 0 Å². The number of rotatable bonds is 5. The number of hydrogen-bond acceptors (Lipinski definition) is 5. The van der Waals surface area contributed by atoms with Crippen molar-refractivity contribution in [2.45, 2.75) is 45.3 Å². The molecule has 1 unspecified atom stereocenters. The molecule has 1 aromatic carbocycles. The molecular formula is C23H26N2O4. The molecular weight excluding hydrogens is 368 g/mol. The van der Waals surface area contributed by atoms with E-state index in [-0.39, 0.29) is 23.2 Å². The molecule has 1 N–H and O–H groups in total. The maximum atomic E-state index is 13.6. The first-order chi connectivity index (χ1) is 14.0. The van der Waals surface area contributed by atoms with Crippen molar-refractivity contribution in [3.8, 4) is 0 Å². The highest BCUT2D eigenvalue weighted by Crippen LogP contribution is 2.45. The molecule has 0 saturated carbocycles. The fraction of sp³-hybridized carbons (Fsp3) is 0.435. The molecule has 0 aromatic heterocycles. The molecule has 1 aromatic rings. The van der Waals surface area contributed by atoms with E-state index in [1.165, 1.54) is 6.08 Å². The fourth-order valence-corrected chi connectivity index (χ4v) is 4.65. The number of likely N-dealkylation sites (tertiary alicyclic amines) is 1. The van der Waals surface area contributed by atoms with E-state index in [0.717, 1.165) is 32.4 Å². The van der Waals surface area contributed by atoms with Crippen LogP contribution in [-0.2, 0) is 9.53 Å². The van der Waals surface area contributed by atoms with Gasteiger partial charge in [-0.3, -0.25) is 19.3 Å². The first-order valence-electron chi connectivity index (χ1n) is 10.4. The molecule has 1 atom stereocenters. The first-order valence-corrected chi connectivity index (χ1v) is 10.4. The van der Waals surface area contributed by atoms with Crippen molar-refractivity contribution in [3.63, 3.8) is 0 Å². The number of ketones is 2. The van der Waals surface area contributed by atoms with Gasteiger partial charge in [0.05, 0.1) is 5.57 Å². The second-order valence-electron chi connectivity index (χ2n) is 7.69. The third kappa shape index (κ3) is 3.02. The van der Waals surface area contributed by atoms with Crippen LogP contribution >= 0.6 is 0 Å². The van der Waals surface area contributed by atoms with Gasteiger partial charge in [0, 0.05) is 42.8 Å². The molecule has 1 saturated heterocycles. The van der Waals surface area contributed by atoms with E-state index in [0.29, 0.717) is 35.2 Å². The maximum absolute atomic E-state index is 13.6. The molecule has 1 fully saturated rings. The highest BCUT2D eigenvalue weighted by Gasteiger charge is 2.53. The van der Waals surface area contributed by atoms with E-state index < -0.39 is 5.72 Å². The summed E-state index contributed by atoms with van der Waals surface area (Å²) in [4.78, 5) is 41.8. The van der Waals surface area contributed by atoms with Crippen LogP contribution in [0.5, 0.6) is 0 Å². The number of amides is 1. The van der Waals surface area contributed by atoms with Gasteiger partial charge in [0.2, 0.25) is 0 Å². The van der Waals surface area contributed by atoms with Crippen LogP contribution in [-0.4, -0.2) is 47.7 Å². The standard InChI is InChI=1S/C23H26N2O4/c1-3-11-23(25-12-7-8-13-25)19-17(14-18(29-23)22(28)24-4-2)20(26)15-9-5-6-10-16(15)21(19)27/h5-6,9-10,14H,3-4,7-8,11-13H2,1-2H3,(H,24,28). The zero-order valence-corrected chi connectivity index (χ0v) is 16.9. The summed E-state index contributed by atoms with van der Waals surface area (Å²) in [7, 11) is 0. The van der Waals surface area contributed by atoms with Gasteiger partial charge in [0.25, 0.3) is 5.91 Å². The van der Waals surface area contributed by atoms with E-state index in [4.69, 9.17) is 4.74 Å². The van der Waals surface area contributed by atoms with Crippen molar-refractivity contribution < 1.29 is 19.1 Å². The Morgan fingerprint density at radius 3 is 2.38 bits per heavy atom. The summed E-state index contributed by atoms with van der Waals surface area (Å²) >= 11 is 0. The Hall–Kier alpha value is -2.73. The number of fused-ring (bicyclic) bond motifs is 1.